The number of aliphatic carboxylic acids is 2. The van der Waals surface area contributed by atoms with Gasteiger partial charge in [-0.15, -0.1) is 0 Å². The van der Waals surface area contributed by atoms with Crippen molar-refractivity contribution in [3.63, 3.8) is 0 Å². The van der Waals surface area contributed by atoms with E-state index < -0.39 is 23.3 Å². The van der Waals surface area contributed by atoms with Gasteiger partial charge in [-0.2, -0.15) is 0 Å². The van der Waals surface area contributed by atoms with Crippen molar-refractivity contribution in [2.75, 3.05) is 0 Å². The average Bonchev–Trinajstić information content (AvgIpc) is 2.39. The van der Waals surface area contributed by atoms with Gasteiger partial charge in [0, 0.05) is 16.0 Å². The Kier molecular flexibility index (Phi) is 3.81. The van der Waals surface area contributed by atoms with Crippen molar-refractivity contribution in [2.24, 2.45) is 5.92 Å². The molecule has 4 nitrogen and oxygen atoms in total. The van der Waals surface area contributed by atoms with Crippen LogP contribution in [0.5, 0.6) is 0 Å². The Bertz CT molecular complexity index is 633. The van der Waals surface area contributed by atoms with Gasteiger partial charge in [0.25, 0.3) is 0 Å². The fraction of sp³-hybridized carbons (Fsp3) is 0.200. The number of carboxylic acid groups (broad SMARTS) is 2. The number of hydrogen-bond donors (Lipinski definition) is 2. The molecule has 104 valence electrons. The van der Waals surface area contributed by atoms with Crippen LogP contribution in [0.2, 0.25) is 0 Å². The van der Waals surface area contributed by atoms with Gasteiger partial charge >= 0.3 is 11.9 Å². The highest BCUT2D eigenvalue weighted by molar-refractivity contribution is 9.10. The van der Waals surface area contributed by atoms with Crippen LogP contribution in [0, 0.1) is 5.92 Å². The minimum Gasteiger partial charge on any atom is -0.480 e. The van der Waals surface area contributed by atoms with Crippen molar-refractivity contribution >= 4 is 27.9 Å². The monoisotopic (exact) mass is 336 g/mol. The largest absolute Gasteiger partial charge is 0.480 e. The number of allylic oxidation sites excluding steroid dienone is 2. The van der Waals surface area contributed by atoms with E-state index in [4.69, 9.17) is 0 Å². The Balaban J connectivity index is 2.68. The molecule has 1 aliphatic carbocycles. The summed E-state index contributed by atoms with van der Waals surface area (Å²) in [5.41, 5.74) is -0.753. The Hall–Kier alpha value is -1.88. The summed E-state index contributed by atoms with van der Waals surface area (Å²) < 4.78 is 0.644. The van der Waals surface area contributed by atoms with Crippen molar-refractivity contribution < 1.29 is 19.8 Å². The summed E-state index contributed by atoms with van der Waals surface area (Å²) >= 11 is 3.36. The second-order valence-corrected chi connectivity index (χ2v) is 5.52. The lowest BCUT2D eigenvalue weighted by Crippen LogP contribution is -2.43. The Morgan fingerprint density at radius 1 is 1.25 bits per heavy atom. The molecule has 0 aliphatic heterocycles. The molecule has 0 heterocycles. The lowest BCUT2D eigenvalue weighted by Gasteiger charge is -2.36. The molecule has 0 saturated carbocycles. The highest BCUT2D eigenvalue weighted by Gasteiger charge is 2.48. The molecular formula is C15H13BrO4. The summed E-state index contributed by atoms with van der Waals surface area (Å²) in [7, 11) is 0. The third-order valence-electron chi connectivity index (χ3n) is 3.70. The van der Waals surface area contributed by atoms with Crippen LogP contribution in [-0.4, -0.2) is 22.2 Å². The van der Waals surface area contributed by atoms with Crippen LogP contribution in [0.25, 0.3) is 0 Å². The normalized spacial score (nSPS) is 25.1. The van der Waals surface area contributed by atoms with E-state index in [1.165, 1.54) is 12.2 Å². The van der Waals surface area contributed by atoms with Gasteiger partial charge in [0.05, 0.1) is 0 Å². The zero-order chi connectivity index (χ0) is 14.9. The van der Waals surface area contributed by atoms with Crippen molar-refractivity contribution in [2.45, 2.75) is 12.3 Å². The molecule has 5 heteroatoms. The topological polar surface area (TPSA) is 74.6 Å². The maximum atomic E-state index is 11.9. The van der Waals surface area contributed by atoms with E-state index in [2.05, 4.69) is 15.9 Å². The van der Waals surface area contributed by atoms with E-state index in [9.17, 15) is 19.8 Å². The second kappa shape index (κ2) is 5.25. The molecule has 2 atom stereocenters. The summed E-state index contributed by atoms with van der Waals surface area (Å²) in [5.74, 6) is -2.85. The van der Waals surface area contributed by atoms with Crippen molar-refractivity contribution in [1.82, 2.24) is 0 Å². The SMILES string of the molecule is CC1C(C(=O)O)=CC=CC1(C(=O)O)c1ccccc1Br. The molecule has 0 bridgehead atoms. The summed E-state index contributed by atoms with van der Waals surface area (Å²) in [6, 6.07) is 6.97. The Labute approximate surface area is 124 Å². The Morgan fingerprint density at radius 2 is 1.90 bits per heavy atom. The lowest BCUT2D eigenvalue weighted by atomic mass is 9.66. The molecule has 20 heavy (non-hydrogen) atoms. The first-order valence-corrected chi connectivity index (χ1v) is 6.81. The van der Waals surface area contributed by atoms with E-state index in [0.717, 1.165) is 0 Å². The predicted octanol–water partition coefficient (Wildman–Crippen LogP) is 2.99. The molecule has 2 unspecified atom stereocenters. The van der Waals surface area contributed by atoms with Gasteiger partial charge in [0.15, 0.2) is 0 Å². The zero-order valence-electron chi connectivity index (χ0n) is 10.7. The second-order valence-electron chi connectivity index (χ2n) is 4.66. The molecule has 0 fully saturated rings. The molecule has 0 spiro atoms. The van der Waals surface area contributed by atoms with E-state index in [-0.39, 0.29) is 5.57 Å². The van der Waals surface area contributed by atoms with Crippen molar-refractivity contribution in [3.8, 4) is 0 Å². The van der Waals surface area contributed by atoms with Crippen LogP contribution in [0.4, 0.5) is 0 Å². The molecular weight excluding hydrogens is 324 g/mol. The maximum Gasteiger partial charge on any atom is 0.331 e. The standard InChI is InChI=1S/C15H13BrO4/c1-9-10(13(17)18)5-4-8-15(9,14(19)20)11-6-2-3-7-12(11)16/h2-9H,1H3,(H,17,18)(H,19,20). The highest BCUT2D eigenvalue weighted by atomic mass is 79.9. The lowest BCUT2D eigenvalue weighted by molar-refractivity contribution is -0.143. The molecule has 0 saturated heterocycles. The molecule has 0 radical (unpaired) electrons. The van der Waals surface area contributed by atoms with E-state index in [0.29, 0.717) is 10.0 Å². The summed E-state index contributed by atoms with van der Waals surface area (Å²) in [6.45, 7) is 1.62. The van der Waals surface area contributed by atoms with Crippen LogP contribution < -0.4 is 0 Å². The molecule has 1 aromatic carbocycles. The van der Waals surface area contributed by atoms with Crippen LogP contribution in [0.3, 0.4) is 0 Å². The first-order chi connectivity index (χ1) is 9.41. The zero-order valence-corrected chi connectivity index (χ0v) is 12.3. The number of halogens is 1. The minimum absolute atomic E-state index is 0.0886. The fourth-order valence-electron chi connectivity index (χ4n) is 2.59. The number of carboxylic acids is 2. The van der Waals surface area contributed by atoms with E-state index in [1.54, 1.807) is 37.3 Å². The molecule has 0 aromatic heterocycles. The molecule has 1 aromatic rings. The van der Waals surface area contributed by atoms with Crippen LogP contribution in [-0.2, 0) is 15.0 Å². The van der Waals surface area contributed by atoms with Gasteiger partial charge in [-0.05, 0) is 11.6 Å². The van der Waals surface area contributed by atoms with Crippen LogP contribution in [0.1, 0.15) is 12.5 Å². The van der Waals surface area contributed by atoms with Gasteiger partial charge < -0.3 is 10.2 Å². The molecule has 1 aliphatic rings. The minimum atomic E-state index is -1.39. The van der Waals surface area contributed by atoms with E-state index >= 15 is 0 Å². The maximum absolute atomic E-state index is 11.9. The Morgan fingerprint density at radius 3 is 2.45 bits per heavy atom. The van der Waals surface area contributed by atoms with Gasteiger partial charge in [-0.1, -0.05) is 59.3 Å². The third kappa shape index (κ3) is 2.08. The number of benzene rings is 1. The summed E-state index contributed by atoms with van der Waals surface area (Å²) in [6.07, 6.45) is 4.49. The number of hydrogen-bond acceptors (Lipinski definition) is 2. The predicted molar refractivity (Wildman–Crippen MR) is 77.5 cm³/mol. The fourth-order valence-corrected chi connectivity index (χ4v) is 3.20. The van der Waals surface area contributed by atoms with Gasteiger partial charge in [0.2, 0.25) is 0 Å². The average molecular weight is 337 g/mol. The first-order valence-electron chi connectivity index (χ1n) is 6.02. The summed E-state index contributed by atoms with van der Waals surface area (Å²) in [4.78, 5) is 23.2. The number of carbonyl (C=O) groups is 2. The number of rotatable bonds is 3. The molecule has 2 rings (SSSR count). The quantitative estimate of drug-likeness (QED) is 0.889. The van der Waals surface area contributed by atoms with Gasteiger partial charge in [-0.3, -0.25) is 4.79 Å². The van der Waals surface area contributed by atoms with Gasteiger partial charge in [-0.25, -0.2) is 4.79 Å². The van der Waals surface area contributed by atoms with Crippen LogP contribution >= 0.6 is 15.9 Å². The third-order valence-corrected chi connectivity index (χ3v) is 4.40. The van der Waals surface area contributed by atoms with Crippen LogP contribution in [0.15, 0.2) is 52.5 Å². The smallest absolute Gasteiger partial charge is 0.331 e. The van der Waals surface area contributed by atoms with Gasteiger partial charge in [0.1, 0.15) is 5.41 Å². The molecule has 0 amide bonds. The first kappa shape index (κ1) is 14.5. The van der Waals surface area contributed by atoms with E-state index in [1.807, 2.05) is 0 Å². The summed E-state index contributed by atoms with van der Waals surface area (Å²) in [5, 5.41) is 19.0. The van der Waals surface area contributed by atoms with Crippen molar-refractivity contribution in [1.29, 1.82) is 0 Å². The molecule has 2 N–H and O–H groups in total. The highest BCUT2D eigenvalue weighted by Crippen LogP contribution is 2.43. The van der Waals surface area contributed by atoms with Crippen molar-refractivity contribution in [3.05, 3.63) is 58.1 Å².